The number of benzene rings is 1. The Hall–Kier alpha value is -3.23. The number of nitrogens with one attached hydrogen (secondary N) is 1. The molecule has 0 amide bonds. The summed E-state index contributed by atoms with van der Waals surface area (Å²) < 4.78 is 12.4. The lowest BCUT2D eigenvalue weighted by Crippen LogP contribution is -2.31. The molecule has 0 aliphatic carbocycles. The third kappa shape index (κ3) is 4.56. The van der Waals surface area contributed by atoms with Crippen LogP contribution >= 0.6 is 12.2 Å². The first-order chi connectivity index (χ1) is 16.5. The van der Waals surface area contributed by atoms with Crippen molar-refractivity contribution >= 4 is 23.3 Å². The van der Waals surface area contributed by atoms with E-state index in [4.69, 9.17) is 21.7 Å². The van der Waals surface area contributed by atoms with Crippen molar-refractivity contribution in [1.29, 1.82) is 0 Å². The first-order valence-electron chi connectivity index (χ1n) is 11.3. The molecule has 3 aromatic rings. The van der Waals surface area contributed by atoms with Crippen LogP contribution in [-0.4, -0.2) is 52.9 Å². The van der Waals surface area contributed by atoms with Gasteiger partial charge in [-0.2, -0.15) is 0 Å². The number of pyridine rings is 1. The Morgan fingerprint density at radius 1 is 1.15 bits per heavy atom. The van der Waals surface area contributed by atoms with E-state index in [9.17, 15) is 4.79 Å². The van der Waals surface area contributed by atoms with Crippen LogP contribution in [0.3, 0.4) is 0 Å². The fourth-order valence-corrected chi connectivity index (χ4v) is 5.07. The summed E-state index contributed by atoms with van der Waals surface area (Å²) in [5.41, 5.74) is 5.71. The largest absolute Gasteiger partial charge is 0.465 e. The van der Waals surface area contributed by atoms with E-state index in [1.54, 1.807) is 13.2 Å². The second-order valence-electron chi connectivity index (χ2n) is 8.37. The molecule has 0 unspecified atom stereocenters. The third-order valence-electron chi connectivity index (χ3n) is 6.26. The highest BCUT2D eigenvalue weighted by atomic mass is 32.1. The van der Waals surface area contributed by atoms with Crippen LogP contribution in [0, 0.1) is 13.8 Å². The Balaban J connectivity index is 1.78. The van der Waals surface area contributed by atoms with Gasteiger partial charge < -0.3 is 24.3 Å². The molecule has 34 heavy (non-hydrogen) atoms. The van der Waals surface area contributed by atoms with Gasteiger partial charge in [-0.3, -0.25) is 4.98 Å². The summed E-state index contributed by atoms with van der Waals surface area (Å²) >= 11 is 5.77. The van der Waals surface area contributed by atoms with Crippen LogP contribution in [0.1, 0.15) is 51.5 Å². The molecule has 8 heteroatoms. The number of ether oxygens (including phenoxy) is 2. The van der Waals surface area contributed by atoms with E-state index in [2.05, 4.69) is 39.7 Å². The molecule has 1 aliphatic rings. The van der Waals surface area contributed by atoms with Crippen LogP contribution in [0.15, 0.2) is 54.7 Å². The van der Waals surface area contributed by atoms with Gasteiger partial charge in [0.05, 0.1) is 30.5 Å². The minimum Gasteiger partial charge on any atom is -0.465 e. The highest BCUT2D eigenvalue weighted by Crippen LogP contribution is 2.41. The number of nitrogens with zero attached hydrogens (tertiary/aromatic N) is 3. The number of carbonyl (C=O) groups excluding carboxylic acids is 1. The van der Waals surface area contributed by atoms with E-state index in [0.717, 1.165) is 35.7 Å². The molecule has 4 rings (SSSR count). The zero-order valence-electron chi connectivity index (χ0n) is 19.9. The van der Waals surface area contributed by atoms with Gasteiger partial charge in [-0.05, 0) is 74.4 Å². The Morgan fingerprint density at radius 3 is 2.68 bits per heavy atom. The number of carbonyl (C=O) groups is 1. The fraction of sp³-hybridized carbons (Fsp3) is 0.346. The number of esters is 1. The highest BCUT2D eigenvalue weighted by Gasteiger charge is 2.41. The van der Waals surface area contributed by atoms with Crippen molar-refractivity contribution in [3.05, 3.63) is 82.9 Å². The van der Waals surface area contributed by atoms with Gasteiger partial charge in [0.1, 0.15) is 0 Å². The molecule has 1 fully saturated rings. The van der Waals surface area contributed by atoms with E-state index in [1.807, 2.05) is 42.6 Å². The third-order valence-corrected chi connectivity index (χ3v) is 6.61. The lowest BCUT2D eigenvalue weighted by atomic mass is 9.96. The molecule has 0 saturated carbocycles. The Labute approximate surface area is 205 Å². The molecule has 178 valence electrons. The number of hydrogen-bond donors (Lipinski definition) is 1. The van der Waals surface area contributed by atoms with Crippen LogP contribution in [0.25, 0.3) is 5.69 Å². The maximum atomic E-state index is 12.1. The zero-order valence-corrected chi connectivity index (χ0v) is 20.8. The minimum atomic E-state index is -0.352. The average Bonchev–Trinajstić information content (AvgIpc) is 3.34. The number of methoxy groups -OCH3 is 2. The molecular formula is C26H30N4O3S. The molecule has 2 atom stereocenters. The molecule has 0 radical (unpaired) electrons. The number of aryl methyl sites for hydroxylation is 1. The first-order valence-corrected chi connectivity index (χ1v) is 11.7. The number of thiocarbonyl (C=S) groups is 1. The summed E-state index contributed by atoms with van der Waals surface area (Å²) in [6.07, 6.45) is 2.68. The van der Waals surface area contributed by atoms with Gasteiger partial charge in [-0.25, -0.2) is 4.79 Å². The summed E-state index contributed by atoms with van der Waals surface area (Å²) in [5, 5.41) is 4.22. The van der Waals surface area contributed by atoms with E-state index in [0.29, 0.717) is 17.3 Å². The molecule has 0 bridgehead atoms. The Bertz CT molecular complexity index is 1180. The topological polar surface area (TPSA) is 68.6 Å². The van der Waals surface area contributed by atoms with E-state index < -0.39 is 0 Å². The summed E-state index contributed by atoms with van der Waals surface area (Å²) in [7, 11) is 3.11. The van der Waals surface area contributed by atoms with Gasteiger partial charge in [-0.1, -0.05) is 12.1 Å². The van der Waals surface area contributed by atoms with E-state index in [-0.39, 0.29) is 18.1 Å². The average molecular weight is 479 g/mol. The summed E-state index contributed by atoms with van der Waals surface area (Å²) in [6.45, 7) is 5.62. The lowest BCUT2D eigenvalue weighted by Gasteiger charge is -2.28. The first kappa shape index (κ1) is 23.9. The van der Waals surface area contributed by atoms with Crippen LogP contribution in [0.2, 0.25) is 0 Å². The van der Waals surface area contributed by atoms with E-state index in [1.165, 1.54) is 12.7 Å². The van der Waals surface area contributed by atoms with Crippen molar-refractivity contribution in [3.8, 4) is 5.69 Å². The molecular weight excluding hydrogens is 448 g/mol. The van der Waals surface area contributed by atoms with Gasteiger partial charge in [0.2, 0.25) is 0 Å². The molecule has 3 heterocycles. The Kier molecular flexibility index (Phi) is 7.29. The van der Waals surface area contributed by atoms with Gasteiger partial charge in [0.25, 0.3) is 0 Å². The Morgan fingerprint density at radius 2 is 1.97 bits per heavy atom. The summed E-state index contributed by atoms with van der Waals surface area (Å²) in [4.78, 5) is 19.0. The van der Waals surface area contributed by atoms with Crippen LogP contribution < -0.4 is 5.32 Å². The van der Waals surface area contributed by atoms with Crippen molar-refractivity contribution in [2.75, 3.05) is 27.4 Å². The quantitative estimate of drug-likeness (QED) is 0.294. The van der Waals surface area contributed by atoms with Crippen molar-refractivity contribution in [3.63, 3.8) is 0 Å². The van der Waals surface area contributed by atoms with Crippen molar-refractivity contribution < 1.29 is 14.3 Å². The van der Waals surface area contributed by atoms with Crippen LogP contribution in [-0.2, 0) is 9.47 Å². The second kappa shape index (κ2) is 10.4. The maximum Gasteiger partial charge on any atom is 0.337 e. The molecule has 1 N–H and O–H groups in total. The minimum absolute atomic E-state index is 0.0250. The molecule has 1 aromatic carbocycles. The van der Waals surface area contributed by atoms with Gasteiger partial charge in [-0.15, -0.1) is 0 Å². The predicted octanol–water partition coefficient (Wildman–Crippen LogP) is 4.28. The van der Waals surface area contributed by atoms with Crippen molar-refractivity contribution in [2.45, 2.75) is 32.4 Å². The predicted molar refractivity (Wildman–Crippen MR) is 135 cm³/mol. The molecule has 2 aromatic heterocycles. The normalized spacial score (nSPS) is 17.6. The monoisotopic (exact) mass is 478 g/mol. The number of hydrogen-bond acceptors (Lipinski definition) is 5. The standard InChI is InChI=1S/C26H30N4O3S/c1-17-15-21(18(2)30(17)20-10-7-9-19(16-20)25(31)33-4)24-23(22-11-5-6-12-27-22)28-26(34)29(24)13-8-14-32-3/h5-7,9-12,15-16,23-24H,8,13-14H2,1-4H3,(H,28,34)/t23-,24-/m0/s1. The number of aromatic nitrogens is 2. The van der Waals surface area contributed by atoms with Gasteiger partial charge in [0, 0.05) is 43.5 Å². The van der Waals surface area contributed by atoms with Crippen molar-refractivity contribution in [1.82, 2.24) is 19.8 Å². The van der Waals surface area contributed by atoms with Gasteiger partial charge >= 0.3 is 5.97 Å². The van der Waals surface area contributed by atoms with Crippen LogP contribution in [0.5, 0.6) is 0 Å². The zero-order chi connectivity index (χ0) is 24.2. The summed E-state index contributed by atoms with van der Waals surface area (Å²) in [6, 6.07) is 15.6. The van der Waals surface area contributed by atoms with Crippen LogP contribution in [0.4, 0.5) is 0 Å². The molecule has 1 saturated heterocycles. The SMILES string of the molecule is COCCCN1C(=S)N[C@@H](c2ccccn2)[C@@H]1c1cc(C)n(-c2cccc(C(=O)OC)c2)c1C. The highest BCUT2D eigenvalue weighted by molar-refractivity contribution is 7.80. The van der Waals surface area contributed by atoms with Crippen molar-refractivity contribution in [2.24, 2.45) is 0 Å². The second-order valence-corrected chi connectivity index (χ2v) is 8.76. The summed E-state index contributed by atoms with van der Waals surface area (Å²) in [5.74, 6) is -0.352. The number of rotatable bonds is 8. The van der Waals surface area contributed by atoms with E-state index >= 15 is 0 Å². The fourth-order valence-electron chi connectivity index (χ4n) is 4.74. The van der Waals surface area contributed by atoms with Gasteiger partial charge in [0.15, 0.2) is 5.11 Å². The lowest BCUT2D eigenvalue weighted by molar-refractivity contribution is 0.0600. The molecule has 1 aliphatic heterocycles. The molecule has 0 spiro atoms. The maximum absolute atomic E-state index is 12.1. The molecule has 7 nitrogen and oxygen atoms in total. The smallest absolute Gasteiger partial charge is 0.337 e.